The topological polar surface area (TPSA) is 54.4 Å². The van der Waals surface area contributed by atoms with Crippen molar-refractivity contribution in [1.29, 1.82) is 0 Å². The van der Waals surface area contributed by atoms with Crippen molar-refractivity contribution < 1.29 is 14.7 Å². The number of carboxylic acid groups (broad SMARTS) is 1. The number of hydrogen-bond acceptors (Lipinski definition) is 2. The average molecular weight is 246 g/mol. The Morgan fingerprint density at radius 2 is 1.61 bits per heavy atom. The number of carbonyl (C=O) groups excluding carboxylic acids is 1. The van der Waals surface area contributed by atoms with Crippen LogP contribution in [0.1, 0.15) is 40.7 Å². The van der Waals surface area contributed by atoms with Crippen LogP contribution in [-0.4, -0.2) is 16.9 Å². The summed E-state index contributed by atoms with van der Waals surface area (Å²) in [6.45, 7) is 3.94. The van der Waals surface area contributed by atoms with Gasteiger partial charge in [0.15, 0.2) is 5.78 Å². The van der Waals surface area contributed by atoms with E-state index in [0.717, 1.165) is 16.7 Å². The minimum Gasteiger partial charge on any atom is -0.481 e. The van der Waals surface area contributed by atoms with Crippen LogP contribution in [-0.2, 0) is 4.79 Å². The molecule has 0 saturated heterocycles. The maximum Gasteiger partial charge on any atom is 0.306 e. The molecule has 18 heavy (non-hydrogen) atoms. The summed E-state index contributed by atoms with van der Waals surface area (Å²) in [4.78, 5) is 23.2. The molecule has 0 spiro atoms. The molecule has 96 valence electrons. The third-order valence-corrected chi connectivity index (χ3v) is 3.66. The Bertz CT molecular complexity index is 470. The normalized spacial score (nSPS) is 23.0. The van der Waals surface area contributed by atoms with E-state index in [0.29, 0.717) is 19.3 Å². The first-order chi connectivity index (χ1) is 8.47. The van der Waals surface area contributed by atoms with Gasteiger partial charge >= 0.3 is 5.97 Å². The molecular weight excluding hydrogens is 228 g/mol. The first-order valence-electron chi connectivity index (χ1n) is 6.32. The minimum absolute atomic E-state index is 0.102. The van der Waals surface area contributed by atoms with E-state index in [-0.39, 0.29) is 17.6 Å². The third kappa shape index (κ3) is 2.61. The summed E-state index contributed by atoms with van der Waals surface area (Å²) < 4.78 is 0. The zero-order valence-electron chi connectivity index (χ0n) is 10.8. The number of carboxylic acids is 1. The number of Topliss-reactive ketones (excluding diaryl/α,β-unsaturated/α-hetero) is 1. The van der Waals surface area contributed by atoms with Crippen molar-refractivity contribution in [3.63, 3.8) is 0 Å². The predicted molar refractivity (Wildman–Crippen MR) is 68.7 cm³/mol. The van der Waals surface area contributed by atoms with Crippen LogP contribution in [0.15, 0.2) is 18.2 Å². The number of hydrogen-bond donors (Lipinski definition) is 1. The quantitative estimate of drug-likeness (QED) is 0.834. The van der Waals surface area contributed by atoms with Crippen molar-refractivity contribution in [1.82, 2.24) is 0 Å². The second-order valence-corrected chi connectivity index (χ2v) is 5.29. The van der Waals surface area contributed by atoms with Gasteiger partial charge in [0.05, 0.1) is 5.92 Å². The van der Waals surface area contributed by atoms with Gasteiger partial charge in [-0.05, 0) is 45.2 Å². The Labute approximate surface area is 107 Å². The lowest BCUT2D eigenvalue weighted by Crippen LogP contribution is -2.15. The van der Waals surface area contributed by atoms with Gasteiger partial charge < -0.3 is 5.11 Å². The van der Waals surface area contributed by atoms with Gasteiger partial charge in [-0.1, -0.05) is 17.2 Å². The monoisotopic (exact) mass is 246 g/mol. The molecular formula is C15H18O3. The SMILES string of the molecule is Cc1cc(C)cc(C(=O)[C@H]2CC[C@@H](C(=O)O)C2)c1. The standard InChI is InChI=1S/C15H18O3/c1-9-5-10(2)7-13(6-9)14(16)11-3-4-12(8-11)15(17)18/h5-7,11-12H,3-4,8H2,1-2H3,(H,17,18)/t11-,12+/m0/s1. The van der Waals surface area contributed by atoms with E-state index >= 15 is 0 Å². The highest BCUT2D eigenvalue weighted by Crippen LogP contribution is 2.33. The maximum absolute atomic E-state index is 12.3. The maximum atomic E-state index is 12.3. The van der Waals surface area contributed by atoms with Gasteiger partial charge in [-0.2, -0.15) is 0 Å². The van der Waals surface area contributed by atoms with E-state index < -0.39 is 5.97 Å². The lowest BCUT2D eigenvalue weighted by Gasteiger charge is -2.10. The molecule has 1 fully saturated rings. The van der Waals surface area contributed by atoms with Gasteiger partial charge in [0.2, 0.25) is 0 Å². The van der Waals surface area contributed by atoms with Crippen molar-refractivity contribution in [2.45, 2.75) is 33.1 Å². The zero-order valence-corrected chi connectivity index (χ0v) is 10.8. The first kappa shape index (κ1) is 12.8. The molecule has 2 atom stereocenters. The number of ketones is 1. The Morgan fingerprint density at radius 3 is 2.11 bits per heavy atom. The molecule has 3 heteroatoms. The van der Waals surface area contributed by atoms with Gasteiger partial charge in [0.1, 0.15) is 0 Å². The highest BCUT2D eigenvalue weighted by molar-refractivity contribution is 5.98. The fraction of sp³-hybridized carbons (Fsp3) is 0.467. The van der Waals surface area contributed by atoms with Crippen molar-refractivity contribution in [2.75, 3.05) is 0 Å². The molecule has 2 rings (SSSR count). The Kier molecular flexibility index (Phi) is 3.50. The molecule has 1 aliphatic rings. The molecule has 3 nitrogen and oxygen atoms in total. The predicted octanol–water partition coefficient (Wildman–Crippen LogP) is 2.99. The molecule has 0 aromatic heterocycles. The molecule has 0 aliphatic heterocycles. The van der Waals surface area contributed by atoms with Crippen LogP contribution in [0.3, 0.4) is 0 Å². The molecule has 1 aromatic rings. The van der Waals surface area contributed by atoms with E-state index in [1.54, 1.807) is 0 Å². The summed E-state index contributed by atoms with van der Waals surface area (Å²) in [5.41, 5.74) is 2.88. The van der Waals surface area contributed by atoms with Crippen LogP contribution in [0.2, 0.25) is 0 Å². The van der Waals surface area contributed by atoms with Gasteiger partial charge in [0.25, 0.3) is 0 Å². The molecule has 0 amide bonds. The van der Waals surface area contributed by atoms with E-state index in [4.69, 9.17) is 5.11 Å². The number of rotatable bonds is 3. The van der Waals surface area contributed by atoms with Crippen LogP contribution in [0, 0.1) is 25.7 Å². The van der Waals surface area contributed by atoms with Gasteiger partial charge in [-0.3, -0.25) is 9.59 Å². The van der Waals surface area contributed by atoms with Crippen molar-refractivity contribution in [3.05, 3.63) is 34.9 Å². The van der Waals surface area contributed by atoms with E-state index in [1.807, 2.05) is 32.0 Å². The van der Waals surface area contributed by atoms with Crippen LogP contribution in [0.25, 0.3) is 0 Å². The molecule has 0 bridgehead atoms. The smallest absolute Gasteiger partial charge is 0.306 e. The summed E-state index contributed by atoms with van der Waals surface area (Å²) >= 11 is 0. The molecule has 1 saturated carbocycles. The van der Waals surface area contributed by atoms with Crippen LogP contribution in [0.5, 0.6) is 0 Å². The van der Waals surface area contributed by atoms with Gasteiger partial charge in [0, 0.05) is 11.5 Å². The Hall–Kier alpha value is -1.64. The second-order valence-electron chi connectivity index (χ2n) is 5.29. The van der Waals surface area contributed by atoms with Crippen molar-refractivity contribution >= 4 is 11.8 Å². The summed E-state index contributed by atoms with van der Waals surface area (Å²) in [5.74, 6) is -1.13. The number of aryl methyl sites for hydroxylation is 2. The highest BCUT2D eigenvalue weighted by atomic mass is 16.4. The van der Waals surface area contributed by atoms with Gasteiger partial charge in [-0.25, -0.2) is 0 Å². The lowest BCUT2D eigenvalue weighted by molar-refractivity contribution is -0.141. The molecule has 0 heterocycles. The van der Waals surface area contributed by atoms with Gasteiger partial charge in [-0.15, -0.1) is 0 Å². The molecule has 1 aliphatic carbocycles. The van der Waals surface area contributed by atoms with Crippen molar-refractivity contribution in [3.8, 4) is 0 Å². The fourth-order valence-electron chi connectivity index (χ4n) is 2.80. The summed E-state index contributed by atoms with van der Waals surface area (Å²) in [7, 11) is 0. The molecule has 0 radical (unpaired) electrons. The summed E-state index contributed by atoms with van der Waals surface area (Å²) in [6.07, 6.45) is 1.81. The van der Waals surface area contributed by atoms with E-state index in [9.17, 15) is 9.59 Å². The first-order valence-corrected chi connectivity index (χ1v) is 6.32. The number of benzene rings is 1. The number of carbonyl (C=O) groups is 2. The minimum atomic E-state index is -0.772. The van der Waals surface area contributed by atoms with Crippen LogP contribution < -0.4 is 0 Å². The highest BCUT2D eigenvalue weighted by Gasteiger charge is 2.34. The average Bonchev–Trinajstić information content (AvgIpc) is 2.75. The second kappa shape index (κ2) is 4.92. The Morgan fingerprint density at radius 1 is 1.06 bits per heavy atom. The van der Waals surface area contributed by atoms with Crippen LogP contribution >= 0.6 is 0 Å². The van der Waals surface area contributed by atoms with E-state index in [1.165, 1.54) is 0 Å². The molecule has 0 unspecified atom stereocenters. The largest absolute Gasteiger partial charge is 0.481 e. The third-order valence-electron chi connectivity index (χ3n) is 3.66. The van der Waals surface area contributed by atoms with E-state index in [2.05, 4.69) is 0 Å². The summed E-state index contributed by atoms with van der Waals surface area (Å²) in [5, 5.41) is 8.96. The Balaban J connectivity index is 2.15. The summed E-state index contributed by atoms with van der Waals surface area (Å²) in [6, 6.07) is 5.82. The molecule has 1 aromatic carbocycles. The fourth-order valence-corrected chi connectivity index (χ4v) is 2.80. The lowest BCUT2D eigenvalue weighted by atomic mass is 9.93. The number of aliphatic carboxylic acids is 1. The molecule has 1 N–H and O–H groups in total. The zero-order chi connectivity index (χ0) is 13.3. The van der Waals surface area contributed by atoms with Crippen LogP contribution in [0.4, 0.5) is 0 Å². The van der Waals surface area contributed by atoms with Crippen molar-refractivity contribution in [2.24, 2.45) is 11.8 Å².